The van der Waals surface area contributed by atoms with Gasteiger partial charge in [0.05, 0.1) is 5.39 Å². The Labute approximate surface area is 163 Å². The number of nitrogens with zero attached hydrogens (tertiary/aromatic N) is 4. The predicted octanol–water partition coefficient (Wildman–Crippen LogP) is 3.04. The summed E-state index contributed by atoms with van der Waals surface area (Å²) in [6.07, 6.45) is -0.859. The van der Waals surface area contributed by atoms with Crippen LogP contribution in [-0.2, 0) is 11.8 Å². The summed E-state index contributed by atoms with van der Waals surface area (Å²) < 4.78 is 25.1. The molecule has 4 aromatic rings. The Morgan fingerprint density at radius 2 is 1.79 bits per heavy atom. The Balaban J connectivity index is 1.60. The molecule has 0 spiro atoms. The maximum atomic E-state index is 13.1. The number of hydrogen-bond donors (Lipinski definition) is 0. The lowest BCUT2D eigenvalue weighted by Crippen LogP contribution is -2.24. The third kappa shape index (κ3) is 3.49. The van der Waals surface area contributed by atoms with Crippen molar-refractivity contribution in [3.8, 4) is 11.5 Å². The number of carbonyl (C=O) groups is 1. The monoisotopic (exact) mass is 394 g/mol. The molecule has 0 fully saturated rings. The molecule has 4 rings (SSSR count). The molecule has 0 radical (unpaired) electrons. The fourth-order valence-corrected chi connectivity index (χ4v) is 2.83. The first-order chi connectivity index (χ1) is 13.9. The van der Waals surface area contributed by atoms with E-state index < -0.39 is 12.1 Å². The van der Waals surface area contributed by atoms with Crippen molar-refractivity contribution in [1.82, 2.24) is 20.0 Å². The molecule has 8 nitrogen and oxygen atoms in total. The second-order valence-corrected chi connectivity index (χ2v) is 6.32. The minimum absolute atomic E-state index is 0.00724. The van der Waals surface area contributed by atoms with Crippen molar-refractivity contribution >= 4 is 16.7 Å². The van der Waals surface area contributed by atoms with Crippen LogP contribution in [0.1, 0.15) is 29.4 Å². The summed E-state index contributed by atoms with van der Waals surface area (Å²) in [5.41, 5.74) is 0.230. The third-order valence-electron chi connectivity index (χ3n) is 4.31. The molecule has 9 heteroatoms. The molecule has 1 atom stereocenters. The SMILES string of the molecule is C[C@@H](OC(=O)c1nn(C)c(=O)c2ccccc12)c1nnc(-c2ccc(F)cc2)o1. The van der Waals surface area contributed by atoms with Crippen molar-refractivity contribution in [3.63, 3.8) is 0 Å². The third-order valence-corrected chi connectivity index (χ3v) is 4.31. The minimum Gasteiger partial charge on any atom is -0.448 e. The van der Waals surface area contributed by atoms with Crippen molar-refractivity contribution in [1.29, 1.82) is 0 Å². The Kier molecular flexibility index (Phi) is 4.63. The second-order valence-electron chi connectivity index (χ2n) is 6.32. The minimum atomic E-state index is -0.859. The lowest BCUT2D eigenvalue weighted by atomic mass is 10.1. The van der Waals surface area contributed by atoms with Gasteiger partial charge in [0.2, 0.25) is 5.89 Å². The molecular weight excluding hydrogens is 379 g/mol. The summed E-state index contributed by atoms with van der Waals surface area (Å²) in [6, 6.07) is 12.2. The molecule has 0 aliphatic carbocycles. The molecule has 0 unspecified atom stereocenters. The molecule has 0 aliphatic heterocycles. The van der Waals surface area contributed by atoms with Crippen LogP contribution in [0.3, 0.4) is 0 Å². The first-order valence-electron chi connectivity index (χ1n) is 8.70. The topological polar surface area (TPSA) is 100 Å². The van der Waals surface area contributed by atoms with Crippen LogP contribution < -0.4 is 5.56 Å². The van der Waals surface area contributed by atoms with Crippen LogP contribution in [0.25, 0.3) is 22.2 Å². The molecule has 0 N–H and O–H groups in total. The highest BCUT2D eigenvalue weighted by Crippen LogP contribution is 2.24. The molecule has 0 aliphatic rings. The zero-order valence-electron chi connectivity index (χ0n) is 15.5. The van der Waals surface area contributed by atoms with Crippen LogP contribution in [0, 0.1) is 5.82 Å². The Morgan fingerprint density at radius 3 is 2.52 bits per heavy atom. The van der Waals surface area contributed by atoms with Gasteiger partial charge >= 0.3 is 5.97 Å². The average molecular weight is 394 g/mol. The number of ether oxygens (including phenoxy) is 1. The number of esters is 1. The number of benzene rings is 2. The van der Waals surface area contributed by atoms with E-state index in [4.69, 9.17) is 9.15 Å². The normalized spacial score (nSPS) is 12.1. The van der Waals surface area contributed by atoms with Gasteiger partial charge in [-0.3, -0.25) is 4.79 Å². The molecule has 2 heterocycles. The first-order valence-corrected chi connectivity index (χ1v) is 8.70. The smallest absolute Gasteiger partial charge is 0.360 e. The van der Waals surface area contributed by atoms with Crippen LogP contribution in [0.5, 0.6) is 0 Å². The lowest BCUT2D eigenvalue weighted by Gasteiger charge is -2.11. The van der Waals surface area contributed by atoms with Gasteiger partial charge in [-0.05, 0) is 37.3 Å². The fraction of sp³-hybridized carbons (Fsp3) is 0.150. The largest absolute Gasteiger partial charge is 0.448 e. The molecule has 146 valence electrons. The Hall–Kier alpha value is -3.88. The van der Waals surface area contributed by atoms with E-state index in [1.165, 1.54) is 31.3 Å². The van der Waals surface area contributed by atoms with Gasteiger partial charge in [0.25, 0.3) is 11.4 Å². The van der Waals surface area contributed by atoms with E-state index in [9.17, 15) is 14.0 Å². The van der Waals surface area contributed by atoms with E-state index in [2.05, 4.69) is 15.3 Å². The molecule has 0 amide bonds. The molecular formula is C20H15FN4O4. The number of fused-ring (bicyclic) bond motifs is 1. The van der Waals surface area contributed by atoms with Gasteiger partial charge in [0.1, 0.15) is 5.82 Å². The summed E-state index contributed by atoms with van der Waals surface area (Å²) in [5, 5.41) is 12.6. The molecule has 0 saturated carbocycles. The van der Waals surface area contributed by atoms with Crippen molar-refractivity contribution in [2.75, 3.05) is 0 Å². The Bertz CT molecular complexity index is 1260. The number of halogens is 1. The van der Waals surface area contributed by atoms with Crippen molar-refractivity contribution in [2.45, 2.75) is 13.0 Å². The highest BCUT2D eigenvalue weighted by molar-refractivity contribution is 6.02. The standard InChI is InChI=1S/C20H15FN4O4/c1-11(17-22-23-18(29-17)12-7-9-13(21)10-8-12)28-20(27)16-14-5-3-4-6-15(14)19(26)25(2)24-16/h3-11H,1-2H3/t11-/m1/s1. The van der Waals surface area contributed by atoms with Gasteiger partial charge in [-0.1, -0.05) is 18.2 Å². The molecule has 29 heavy (non-hydrogen) atoms. The second kappa shape index (κ2) is 7.27. The van der Waals surface area contributed by atoms with E-state index in [-0.39, 0.29) is 28.9 Å². The van der Waals surface area contributed by atoms with Crippen LogP contribution in [-0.4, -0.2) is 25.9 Å². The fourth-order valence-electron chi connectivity index (χ4n) is 2.83. The van der Waals surface area contributed by atoms with Gasteiger partial charge in [-0.15, -0.1) is 10.2 Å². The van der Waals surface area contributed by atoms with Gasteiger partial charge in [-0.25, -0.2) is 13.9 Å². The van der Waals surface area contributed by atoms with Crippen molar-refractivity contribution in [3.05, 3.63) is 76.3 Å². The maximum absolute atomic E-state index is 13.1. The predicted molar refractivity (Wildman–Crippen MR) is 101 cm³/mol. The highest BCUT2D eigenvalue weighted by Gasteiger charge is 2.23. The van der Waals surface area contributed by atoms with Crippen molar-refractivity contribution < 1.29 is 18.3 Å². The summed E-state index contributed by atoms with van der Waals surface area (Å²) in [6.45, 7) is 1.57. The van der Waals surface area contributed by atoms with Gasteiger partial charge < -0.3 is 9.15 Å². The summed E-state index contributed by atoms with van der Waals surface area (Å²) in [5.74, 6) is -0.862. The first kappa shape index (κ1) is 18.5. The average Bonchev–Trinajstić information content (AvgIpc) is 3.21. The van der Waals surface area contributed by atoms with Crippen LogP contribution in [0.15, 0.2) is 57.7 Å². The van der Waals surface area contributed by atoms with Crippen LogP contribution in [0.4, 0.5) is 4.39 Å². The number of aryl methyl sites for hydroxylation is 1. The maximum Gasteiger partial charge on any atom is 0.360 e. The lowest BCUT2D eigenvalue weighted by molar-refractivity contribution is 0.0273. The number of carbonyl (C=O) groups excluding carboxylic acids is 1. The summed E-state index contributed by atoms with van der Waals surface area (Å²) in [4.78, 5) is 24.9. The quantitative estimate of drug-likeness (QED) is 0.491. The van der Waals surface area contributed by atoms with E-state index in [0.29, 0.717) is 16.3 Å². The van der Waals surface area contributed by atoms with Gasteiger partial charge in [0.15, 0.2) is 11.8 Å². The van der Waals surface area contributed by atoms with E-state index in [1.807, 2.05) is 0 Å². The number of hydrogen-bond acceptors (Lipinski definition) is 7. The van der Waals surface area contributed by atoms with E-state index in [0.717, 1.165) is 4.68 Å². The number of rotatable bonds is 4. The van der Waals surface area contributed by atoms with Crippen molar-refractivity contribution in [2.24, 2.45) is 7.05 Å². The number of aromatic nitrogens is 4. The molecule has 2 aromatic carbocycles. The van der Waals surface area contributed by atoms with E-state index >= 15 is 0 Å². The Morgan fingerprint density at radius 1 is 1.10 bits per heavy atom. The molecule has 2 aromatic heterocycles. The van der Waals surface area contributed by atoms with E-state index in [1.54, 1.807) is 31.2 Å². The molecule has 0 saturated heterocycles. The zero-order chi connectivity index (χ0) is 20.5. The van der Waals surface area contributed by atoms with Crippen LogP contribution in [0.2, 0.25) is 0 Å². The highest BCUT2D eigenvalue weighted by atomic mass is 19.1. The van der Waals surface area contributed by atoms with Gasteiger partial charge in [0, 0.05) is 18.0 Å². The van der Waals surface area contributed by atoms with Gasteiger partial charge in [-0.2, -0.15) is 5.10 Å². The molecule has 0 bridgehead atoms. The van der Waals surface area contributed by atoms with Crippen LogP contribution >= 0.6 is 0 Å². The zero-order valence-corrected chi connectivity index (χ0v) is 15.5. The summed E-state index contributed by atoms with van der Waals surface area (Å²) >= 11 is 0. The summed E-state index contributed by atoms with van der Waals surface area (Å²) in [7, 11) is 1.46.